The summed E-state index contributed by atoms with van der Waals surface area (Å²) in [6.07, 6.45) is 0. The number of aryl methyl sites for hydroxylation is 2. The van der Waals surface area contributed by atoms with E-state index in [0.29, 0.717) is 22.5 Å². The van der Waals surface area contributed by atoms with Gasteiger partial charge in [-0.15, -0.1) is 0 Å². The van der Waals surface area contributed by atoms with Crippen LogP contribution in [0.2, 0.25) is 0 Å². The Labute approximate surface area is 170 Å². The monoisotopic (exact) mass is 407 g/mol. The van der Waals surface area contributed by atoms with Crippen LogP contribution in [0.3, 0.4) is 0 Å². The van der Waals surface area contributed by atoms with Gasteiger partial charge in [0.25, 0.3) is 11.6 Å². The van der Waals surface area contributed by atoms with E-state index in [4.69, 9.17) is 5.73 Å². The molecule has 2 amide bonds. The number of rotatable bonds is 5. The number of carbonyl (C=O) groups excluding carboxylic acids is 2. The predicted octanol–water partition coefficient (Wildman–Crippen LogP) is 2.11. The van der Waals surface area contributed by atoms with Crippen LogP contribution in [0.15, 0.2) is 53.3 Å². The summed E-state index contributed by atoms with van der Waals surface area (Å²) >= 11 is 0. The van der Waals surface area contributed by atoms with E-state index >= 15 is 0 Å². The Hall–Kier alpha value is -4.34. The maximum Gasteiger partial charge on any atom is 0.294 e. The second-order valence-corrected chi connectivity index (χ2v) is 6.50. The molecule has 0 atom stereocenters. The molecule has 3 aromatic rings. The zero-order valence-corrected chi connectivity index (χ0v) is 16.1. The zero-order valence-electron chi connectivity index (χ0n) is 16.1. The van der Waals surface area contributed by atoms with Gasteiger partial charge in [-0.1, -0.05) is 12.1 Å². The molecule has 0 spiro atoms. The van der Waals surface area contributed by atoms with Gasteiger partial charge in [0, 0.05) is 29.1 Å². The van der Waals surface area contributed by atoms with Gasteiger partial charge in [0.15, 0.2) is 5.69 Å². The van der Waals surface area contributed by atoms with Crippen LogP contribution in [0.4, 0.5) is 11.4 Å². The molecule has 1 aromatic heterocycles. The molecule has 2 aromatic carbocycles. The first-order valence-electron chi connectivity index (χ1n) is 8.75. The van der Waals surface area contributed by atoms with E-state index in [-0.39, 0.29) is 11.4 Å². The molecule has 10 heteroatoms. The number of nitrogens with one attached hydrogen (secondary N) is 1. The van der Waals surface area contributed by atoms with Gasteiger partial charge >= 0.3 is 0 Å². The van der Waals surface area contributed by atoms with Crippen molar-refractivity contribution in [2.75, 3.05) is 5.32 Å². The molecule has 152 valence electrons. The molecule has 0 fully saturated rings. The van der Waals surface area contributed by atoms with E-state index in [1.807, 2.05) is 0 Å². The minimum atomic E-state index is -0.793. The van der Waals surface area contributed by atoms with Crippen LogP contribution in [-0.2, 0) is 0 Å². The fourth-order valence-electron chi connectivity index (χ4n) is 2.95. The molecule has 1 heterocycles. The number of para-hydroxylation sites is 2. The third kappa shape index (κ3) is 3.92. The molecule has 0 bridgehead atoms. The Balaban J connectivity index is 2.01. The molecule has 0 saturated heterocycles. The Morgan fingerprint density at radius 2 is 1.83 bits per heavy atom. The smallest absolute Gasteiger partial charge is 0.294 e. The van der Waals surface area contributed by atoms with Crippen LogP contribution in [-0.4, -0.2) is 26.5 Å². The molecule has 0 aliphatic carbocycles. The lowest BCUT2D eigenvalue weighted by Gasteiger charge is -2.12. The van der Waals surface area contributed by atoms with Crippen molar-refractivity contribution in [3.05, 3.63) is 91.4 Å². The standard InChI is InChI=1S/C20H17N5O5/c1-11-9-13(7-8-14(11)19(21)27)22-20(28)18-17(26)10-12(2)24(23-18)15-5-3-4-6-16(15)25(29)30/h3-10H,1-2H3,(H2,21,27)(H,22,28). The molecule has 3 N–H and O–H groups in total. The van der Waals surface area contributed by atoms with Crippen LogP contribution < -0.4 is 16.5 Å². The Morgan fingerprint density at radius 1 is 1.13 bits per heavy atom. The van der Waals surface area contributed by atoms with Crippen LogP contribution in [0, 0.1) is 24.0 Å². The van der Waals surface area contributed by atoms with Gasteiger partial charge in [0.1, 0.15) is 5.69 Å². The fraction of sp³-hybridized carbons (Fsp3) is 0.100. The number of nitro groups is 1. The summed E-state index contributed by atoms with van der Waals surface area (Å²) in [5, 5.41) is 17.9. The normalized spacial score (nSPS) is 10.5. The van der Waals surface area contributed by atoms with E-state index in [2.05, 4.69) is 10.4 Å². The molecule has 0 aliphatic heterocycles. The number of primary amides is 1. The molecule has 30 heavy (non-hydrogen) atoms. The van der Waals surface area contributed by atoms with Gasteiger partial charge in [-0.25, -0.2) is 4.68 Å². The molecule has 0 saturated carbocycles. The van der Waals surface area contributed by atoms with E-state index in [1.165, 1.54) is 47.1 Å². The van der Waals surface area contributed by atoms with Gasteiger partial charge in [-0.3, -0.25) is 24.5 Å². The van der Waals surface area contributed by atoms with Gasteiger partial charge in [0.05, 0.1) is 4.92 Å². The molecular weight excluding hydrogens is 390 g/mol. The topological polar surface area (TPSA) is 150 Å². The van der Waals surface area contributed by atoms with E-state index in [1.54, 1.807) is 19.9 Å². The second-order valence-electron chi connectivity index (χ2n) is 6.50. The van der Waals surface area contributed by atoms with Crippen molar-refractivity contribution in [1.82, 2.24) is 9.78 Å². The molecule has 0 radical (unpaired) electrons. The third-order valence-electron chi connectivity index (χ3n) is 4.38. The summed E-state index contributed by atoms with van der Waals surface area (Å²) in [7, 11) is 0. The van der Waals surface area contributed by atoms with E-state index in [9.17, 15) is 24.5 Å². The maximum atomic E-state index is 12.7. The summed E-state index contributed by atoms with van der Waals surface area (Å²) in [6.45, 7) is 3.21. The molecule has 0 unspecified atom stereocenters. The van der Waals surface area contributed by atoms with Crippen molar-refractivity contribution < 1.29 is 14.5 Å². The highest BCUT2D eigenvalue weighted by Gasteiger charge is 2.20. The number of nitro benzene ring substituents is 1. The summed E-state index contributed by atoms with van der Waals surface area (Å²) < 4.78 is 1.18. The van der Waals surface area contributed by atoms with Gasteiger partial charge in [-0.05, 0) is 43.7 Å². The molecule has 0 aliphatic rings. The van der Waals surface area contributed by atoms with Crippen LogP contribution in [0.5, 0.6) is 0 Å². The lowest BCUT2D eigenvalue weighted by Crippen LogP contribution is -2.27. The third-order valence-corrected chi connectivity index (χ3v) is 4.38. The number of amides is 2. The molecule has 3 rings (SSSR count). The van der Waals surface area contributed by atoms with Gasteiger partial charge in [-0.2, -0.15) is 5.10 Å². The quantitative estimate of drug-likeness (QED) is 0.488. The number of nitrogens with zero attached hydrogens (tertiary/aromatic N) is 3. The number of nitrogens with two attached hydrogens (primary N) is 1. The first-order chi connectivity index (χ1) is 14.2. The van der Waals surface area contributed by atoms with E-state index in [0.717, 1.165) is 0 Å². The maximum absolute atomic E-state index is 12.7. The highest BCUT2D eigenvalue weighted by molar-refractivity contribution is 6.03. The van der Waals surface area contributed by atoms with Crippen molar-refractivity contribution in [3.63, 3.8) is 0 Å². The Bertz CT molecular complexity index is 1250. The van der Waals surface area contributed by atoms with Crippen LogP contribution in [0.25, 0.3) is 5.69 Å². The van der Waals surface area contributed by atoms with Crippen LogP contribution >= 0.6 is 0 Å². The van der Waals surface area contributed by atoms with Crippen molar-refractivity contribution in [2.45, 2.75) is 13.8 Å². The Kier molecular flexibility index (Phi) is 5.41. The van der Waals surface area contributed by atoms with Gasteiger partial charge in [0.2, 0.25) is 11.3 Å². The Morgan fingerprint density at radius 3 is 2.47 bits per heavy atom. The number of anilines is 1. The number of carbonyl (C=O) groups is 2. The average Bonchev–Trinajstić information content (AvgIpc) is 2.67. The zero-order chi connectivity index (χ0) is 22.0. The molecule has 10 nitrogen and oxygen atoms in total. The van der Waals surface area contributed by atoms with Crippen molar-refractivity contribution in [2.24, 2.45) is 5.73 Å². The highest BCUT2D eigenvalue weighted by Crippen LogP contribution is 2.22. The van der Waals surface area contributed by atoms with E-state index < -0.39 is 27.9 Å². The molecular formula is C20H17N5O5. The number of benzene rings is 2. The summed E-state index contributed by atoms with van der Waals surface area (Å²) in [4.78, 5) is 47.1. The lowest BCUT2D eigenvalue weighted by molar-refractivity contribution is -0.384. The highest BCUT2D eigenvalue weighted by atomic mass is 16.6. The van der Waals surface area contributed by atoms with Crippen molar-refractivity contribution in [3.8, 4) is 5.69 Å². The second kappa shape index (κ2) is 7.95. The average molecular weight is 407 g/mol. The number of hydrogen-bond acceptors (Lipinski definition) is 6. The van der Waals surface area contributed by atoms with Crippen molar-refractivity contribution in [1.29, 1.82) is 0 Å². The largest absolute Gasteiger partial charge is 0.366 e. The first-order valence-corrected chi connectivity index (χ1v) is 8.75. The van der Waals surface area contributed by atoms with Crippen LogP contribution in [0.1, 0.15) is 32.1 Å². The van der Waals surface area contributed by atoms with Crippen molar-refractivity contribution >= 4 is 23.2 Å². The number of aromatic nitrogens is 2. The summed E-state index contributed by atoms with van der Waals surface area (Å²) in [6, 6.07) is 11.5. The minimum Gasteiger partial charge on any atom is -0.366 e. The lowest BCUT2D eigenvalue weighted by atomic mass is 10.1. The predicted molar refractivity (Wildman–Crippen MR) is 109 cm³/mol. The summed E-state index contributed by atoms with van der Waals surface area (Å²) in [5.41, 5.74) is 5.62. The minimum absolute atomic E-state index is 0.121. The first kappa shape index (κ1) is 20.4. The summed E-state index contributed by atoms with van der Waals surface area (Å²) in [5.74, 6) is -1.39. The van der Waals surface area contributed by atoms with Gasteiger partial charge < -0.3 is 11.1 Å². The SMILES string of the molecule is Cc1cc(NC(=O)c2nn(-c3ccccc3[N+](=O)[O-])c(C)cc2=O)ccc1C(N)=O. The number of hydrogen-bond donors (Lipinski definition) is 2. The fourth-order valence-corrected chi connectivity index (χ4v) is 2.95.